The van der Waals surface area contributed by atoms with Crippen LogP contribution in [0.15, 0.2) is 0 Å². The summed E-state index contributed by atoms with van der Waals surface area (Å²) in [4.78, 5) is 6.09. The first kappa shape index (κ1) is 14.5. The predicted molar refractivity (Wildman–Crippen MR) is 48.6 cm³/mol. The van der Waals surface area contributed by atoms with Crippen LogP contribution in [-0.4, -0.2) is 36.1 Å². The lowest BCUT2D eigenvalue weighted by molar-refractivity contribution is 0.0990. The topological polar surface area (TPSA) is 49.2 Å². The number of rotatable bonds is 3. The first-order valence-electron chi connectivity index (χ1n) is 4.26. The van der Waals surface area contributed by atoms with Gasteiger partial charge in [0.15, 0.2) is 0 Å². The Morgan fingerprint density at radius 3 is 2.19 bits per heavy atom. The van der Waals surface area contributed by atoms with Gasteiger partial charge < -0.3 is 26.8 Å². The molecule has 0 saturated heterocycles. The molecule has 0 bridgehead atoms. The van der Waals surface area contributed by atoms with Crippen LogP contribution in [0.25, 0.3) is 0 Å². The Hall–Kier alpha value is -1.48. The smallest absolute Gasteiger partial charge is 0.475 e. The van der Waals surface area contributed by atoms with E-state index >= 15 is 0 Å². The number of aromatic nitrogens is 3. The van der Waals surface area contributed by atoms with Crippen LogP contribution in [0, 0.1) is 6.92 Å². The van der Waals surface area contributed by atoms with E-state index in [0.29, 0.717) is 12.5 Å². The average Bonchev–Trinajstić information content (AvgIpc) is 2.46. The van der Waals surface area contributed by atoms with Crippen LogP contribution in [0.4, 0.5) is 17.3 Å². The summed E-state index contributed by atoms with van der Waals surface area (Å²) in [6.45, 7) is 4.29. The average molecular weight is 244 g/mol. The van der Waals surface area contributed by atoms with Crippen LogP contribution < -0.4 is 9.57 Å². The van der Waals surface area contributed by atoms with E-state index in [-0.39, 0.29) is 0 Å². The number of aryl methyl sites for hydroxylation is 1. The van der Waals surface area contributed by atoms with Gasteiger partial charge in [-0.05, 0) is 23.9 Å². The molecule has 94 valence electrons. The lowest BCUT2D eigenvalue weighted by Gasteiger charge is -2.03. The summed E-state index contributed by atoms with van der Waals surface area (Å²) in [5, 5.41) is 7.44. The summed E-state index contributed by atoms with van der Waals surface area (Å²) in [6, 6.07) is 0. The van der Waals surface area contributed by atoms with Crippen molar-refractivity contribution in [2.75, 3.05) is 13.7 Å². The molecule has 1 aromatic rings. The molecule has 0 amide bonds. The van der Waals surface area contributed by atoms with Crippen LogP contribution in [0.3, 0.4) is 0 Å². The van der Waals surface area contributed by atoms with Gasteiger partial charge in [0.1, 0.15) is 12.8 Å². The normalized spacial score (nSPS) is 10.4. The van der Waals surface area contributed by atoms with Crippen LogP contribution >= 0.6 is 0 Å². The molecule has 0 fully saturated rings. The molecule has 0 N–H and O–H groups in total. The molecule has 0 radical (unpaired) electrons. The summed E-state index contributed by atoms with van der Waals surface area (Å²) in [5.41, 5.74) is 0.730. The van der Waals surface area contributed by atoms with E-state index in [4.69, 9.17) is 9.57 Å². The van der Waals surface area contributed by atoms with Gasteiger partial charge in [-0.25, -0.2) is 0 Å². The fraction of sp³-hybridized carbons (Fsp3) is 0.667. The van der Waals surface area contributed by atoms with Crippen LogP contribution in [0.2, 0.25) is 0 Å². The summed E-state index contributed by atoms with van der Waals surface area (Å²) in [7, 11) is -4.49. The van der Waals surface area contributed by atoms with Gasteiger partial charge in [0, 0.05) is 0 Å². The van der Waals surface area contributed by atoms with Crippen LogP contribution in [-0.2, 0) is 0 Å². The summed E-state index contributed by atoms with van der Waals surface area (Å²) < 4.78 is 44.2. The summed E-state index contributed by atoms with van der Waals surface area (Å²) in [6.07, 6.45) is 0. The van der Waals surface area contributed by atoms with E-state index in [9.17, 15) is 17.3 Å². The fourth-order valence-electron chi connectivity index (χ4n) is 0.745. The highest BCUT2D eigenvalue weighted by atomic mass is 19.5. The van der Waals surface area contributed by atoms with Crippen LogP contribution in [0.5, 0.6) is 5.88 Å². The van der Waals surface area contributed by atoms with Crippen molar-refractivity contribution in [3.8, 4) is 5.88 Å². The monoisotopic (exact) mass is 244 g/mol. The number of halogens is 4. The first-order valence-corrected chi connectivity index (χ1v) is 4.26. The van der Waals surface area contributed by atoms with E-state index < -0.39 is 7.25 Å². The number of nitrogens with zero attached hydrogens (tertiary/aromatic N) is 3. The molecular weight excluding hydrogens is 233 g/mol. The minimum Gasteiger partial charge on any atom is -0.475 e. The zero-order valence-corrected chi connectivity index (χ0v) is 8.95. The van der Waals surface area contributed by atoms with Gasteiger partial charge in [-0.2, -0.15) is 0 Å². The molecule has 0 aliphatic heterocycles. The molecule has 0 aliphatic carbocycles. The SMILES string of the molecule is CCOc1c(C)nnn1OC.F[B-](F)(F)F. The molecule has 0 aliphatic rings. The maximum Gasteiger partial charge on any atom is 0.673 e. The van der Waals surface area contributed by atoms with Gasteiger partial charge in [0.05, 0.1) is 6.61 Å². The van der Waals surface area contributed by atoms with Crippen molar-refractivity contribution in [2.45, 2.75) is 13.8 Å². The van der Waals surface area contributed by atoms with Crippen molar-refractivity contribution in [2.24, 2.45) is 0 Å². The van der Waals surface area contributed by atoms with E-state index in [1.807, 2.05) is 13.8 Å². The van der Waals surface area contributed by atoms with Gasteiger partial charge in [-0.15, -0.1) is 5.10 Å². The lowest BCUT2D eigenvalue weighted by Crippen LogP contribution is -2.10. The number of hydrogen-bond donors (Lipinski definition) is 0. The Kier molecular flexibility index (Phi) is 5.61. The largest absolute Gasteiger partial charge is 0.673 e. The Balaban J connectivity index is 0.000000385. The van der Waals surface area contributed by atoms with Crippen LogP contribution in [0.1, 0.15) is 12.6 Å². The second-order valence-electron chi connectivity index (χ2n) is 2.46. The molecule has 0 aromatic carbocycles. The van der Waals surface area contributed by atoms with Crippen molar-refractivity contribution >= 4 is 7.25 Å². The molecule has 1 heterocycles. The van der Waals surface area contributed by atoms with Crippen molar-refractivity contribution in [1.29, 1.82) is 0 Å². The van der Waals surface area contributed by atoms with Gasteiger partial charge >= 0.3 is 7.25 Å². The standard InChI is InChI=1S/C6H11N3O2.BF4/c1-4-11-6-5(2)7-8-9(6)10-3;2-1(3,4)5/h4H2,1-3H3;/q;-1. The third-order valence-electron chi connectivity index (χ3n) is 1.21. The van der Waals surface area contributed by atoms with E-state index in [1.165, 1.54) is 12.0 Å². The highest BCUT2D eigenvalue weighted by Gasteiger charge is 2.20. The summed E-state index contributed by atoms with van der Waals surface area (Å²) in [5.74, 6) is 0.565. The first-order chi connectivity index (χ1) is 7.29. The zero-order chi connectivity index (χ0) is 12.8. The maximum atomic E-state index is 9.75. The summed E-state index contributed by atoms with van der Waals surface area (Å²) >= 11 is 0. The quantitative estimate of drug-likeness (QED) is 0.594. The molecule has 1 rings (SSSR count). The molecule has 0 saturated carbocycles. The lowest BCUT2D eigenvalue weighted by atomic mass is 10.3. The molecule has 5 nitrogen and oxygen atoms in total. The predicted octanol–water partition coefficient (Wildman–Crippen LogP) is 1.34. The molecule has 10 heteroatoms. The van der Waals surface area contributed by atoms with Gasteiger partial charge in [-0.1, -0.05) is 0 Å². The Bertz CT molecular complexity index is 311. The zero-order valence-electron chi connectivity index (χ0n) is 8.95. The van der Waals surface area contributed by atoms with Gasteiger partial charge in [-0.3, -0.25) is 0 Å². The molecular formula is C6H11BF4N3O2-. The molecule has 16 heavy (non-hydrogen) atoms. The Labute approximate surface area is 89.4 Å². The highest BCUT2D eigenvalue weighted by Crippen LogP contribution is 2.11. The Morgan fingerprint density at radius 1 is 1.31 bits per heavy atom. The van der Waals surface area contributed by atoms with Crippen molar-refractivity contribution in [3.63, 3.8) is 0 Å². The Morgan fingerprint density at radius 2 is 1.81 bits per heavy atom. The minimum absolute atomic E-state index is 0.565. The van der Waals surface area contributed by atoms with Gasteiger partial charge in [0.2, 0.25) is 0 Å². The van der Waals surface area contributed by atoms with Crippen molar-refractivity contribution in [3.05, 3.63) is 5.69 Å². The van der Waals surface area contributed by atoms with Crippen molar-refractivity contribution < 1.29 is 26.8 Å². The molecule has 0 spiro atoms. The molecule has 0 atom stereocenters. The van der Waals surface area contributed by atoms with E-state index in [0.717, 1.165) is 5.69 Å². The van der Waals surface area contributed by atoms with E-state index in [2.05, 4.69) is 10.3 Å². The number of ether oxygens (including phenoxy) is 1. The van der Waals surface area contributed by atoms with E-state index in [1.54, 1.807) is 0 Å². The van der Waals surface area contributed by atoms with Gasteiger partial charge in [0.25, 0.3) is 5.88 Å². The highest BCUT2D eigenvalue weighted by molar-refractivity contribution is 6.50. The third kappa shape index (κ3) is 6.09. The fourth-order valence-corrected chi connectivity index (χ4v) is 0.745. The molecule has 1 aromatic heterocycles. The minimum atomic E-state index is -6.00. The molecule has 0 unspecified atom stereocenters. The second-order valence-corrected chi connectivity index (χ2v) is 2.46. The number of hydrogen-bond acceptors (Lipinski definition) is 4. The third-order valence-corrected chi connectivity index (χ3v) is 1.21. The maximum absolute atomic E-state index is 9.75. The second kappa shape index (κ2) is 6.18. The van der Waals surface area contributed by atoms with Crippen molar-refractivity contribution in [1.82, 2.24) is 15.2 Å².